The molecule has 0 spiro atoms. The molecule has 8 heteroatoms. The van der Waals surface area contributed by atoms with Gasteiger partial charge in [0.2, 0.25) is 0 Å². The molecule has 3 N–H and O–H groups in total. The van der Waals surface area contributed by atoms with E-state index in [-0.39, 0.29) is 17.2 Å². The summed E-state index contributed by atoms with van der Waals surface area (Å²) in [5, 5.41) is 16.4. The Labute approximate surface area is 120 Å². The third-order valence-electron chi connectivity index (χ3n) is 2.92. The Hall–Kier alpha value is -2.74. The van der Waals surface area contributed by atoms with Gasteiger partial charge in [-0.3, -0.25) is 9.48 Å². The molecule has 0 atom stereocenters. The minimum atomic E-state index is -1.01. The highest BCUT2D eigenvalue weighted by Gasteiger charge is 2.17. The van der Waals surface area contributed by atoms with Crippen LogP contribution in [0, 0.1) is 0 Å². The minimum absolute atomic E-state index is 0.161. The average Bonchev–Trinajstić information content (AvgIpc) is 2.95. The number of aromatic carboxylic acids is 1. The normalized spacial score (nSPS) is 10.4. The smallest absolute Gasteiger partial charge is 0.335 e. The van der Waals surface area contributed by atoms with Gasteiger partial charge in [0.25, 0.3) is 5.91 Å². The molecule has 0 fully saturated rings. The van der Waals surface area contributed by atoms with Crippen LogP contribution in [0.15, 0.2) is 30.5 Å². The Morgan fingerprint density at radius 1 is 1.33 bits per heavy atom. The maximum absolute atomic E-state index is 12.2. The highest BCUT2D eigenvalue weighted by Crippen LogP contribution is 2.15. The molecule has 2 aromatic rings. The fraction of sp³-hybridized carbons (Fsp3) is 0.231. The second-order valence-electron chi connectivity index (χ2n) is 4.37. The van der Waals surface area contributed by atoms with Gasteiger partial charge in [-0.1, -0.05) is 5.21 Å². The summed E-state index contributed by atoms with van der Waals surface area (Å²) in [6.07, 6.45) is 1.53. The highest BCUT2D eigenvalue weighted by atomic mass is 16.4. The number of hydrogen-bond acceptors (Lipinski definition) is 5. The van der Waals surface area contributed by atoms with Crippen molar-refractivity contribution in [2.45, 2.75) is 6.54 Å². The molecule has 110 valence electrons. The molecule has 1 amide bonds. The summed E-state index contributed by atoms with van der Waals surface area (Å²) < 4.78 is 1.49. The first-order valence-electron chi connectivity index (χ1n) is 6.24. The molecule has 0 aliphatic rings. The maximum atomic E-state index is 12.2. The van der Waals surface area contributed by atoms with E-state index in [0.29, 0.717) is 18.8 Å². The fourth-order valence-electron chi connectivity index (χ4n) is 1.75. The van der Waals surface area contributed by atoms with Gasteiger partial charge in [0.1, 0.15) is 0 Å². The predicted octanol–water partition coefficient (Wildman–Crippen LogP) is 0.212. The van der Waals surface area contributed by atoms with Crippen molar-refractivity contribution in [1.29, 1.82) is 0 Å². The Bertz CT molecular complexity index is 650. The van der Waals surface area contributed by atoms with E-state index < -0.39 is 5.97 Å². The lowest BCUT2D eigenvalue weighted by Crippen LogP contribution is -2.26. The second kappa shape index (κ2) is 6.14. The van der Waals surface area contributed by atoms with E-state index in [9.17, 15) is 9.59 Å². The molecule has 8 nitrogen and oxygen atoms in total. The van der Waals surface area contributed by atoms with E-state index in [4.69, 9.17) is 10.8 Å². The van der Waals surface area contributed by atoms with Gasteiger partial charge in [-0.25, -0.2) is 4.79 Å². The first-order chi connectivity index (χ1) is 10.0. The number of aromatic nitrogens is 3. The van der Waals surface area contributed by atoms with Crippen LogP contribution in [0.3, 0.4) is 0 Å². The number of hydrogen-bond donors (Lipinski definition) is 2. The van der Waals surface area contributed by atoms with Crippen molar-refractivity contribution < 1.29 is 14.7 Å². The van der Waals surface area contributed by atoms with Gasteiger partial charge >= 0.3 is 5.97 Å². The van der Waals surface area contributed by atoms with Gasteiger partial charge in [0.05, 0.1) is 18.3 Å². The first-order valence-corrected chi connectivity index (χ1v) is 6.24. The van der Waals surface area contributed by atoms with Crippen LogP contribution in [0.25, 0.3) is 0 Å². The number of benzene rings is 1. The molecule has 0 aliphatic heterocycles. The standard InChI is InChI=1S/C13H15N5O3/c1-17(10-4-2-9(3-5-10)13(20)21)12(19)11-8-18(7-6-14)16-15-11/h2-5,8H,6-7,14H2,1H3,(H,20,21). The lowest BCUT2D eigenvalue weighted by molar-refractivity contribution is 0.0696. The predicted molar refractivity (Wildman–Crippen MR) is 75.2 cm³/mol. The molecule has 21 heavy (non-hydrogen) atoms. The Balaban J connectivity index is 2.15. The van der Waals surface area contributed by atoms with Gasteiger partial charge in [0.15, 0.2) is 5.69 Å². The van der Waals surface area contributed by atoms with Crippen LogP contribution in [0.2, 0.25) is 0 Å². The lowest BCUT2D eigenvalue weighted by atomic mass is 10.2. The SMILES string of the molecule is CN(C(=O)c1cn(CCN)nn1)c1ccc(C(=O)O)cc1. The molecule has 0 unspecified atom stereocenters. The zero-order valence-corrected chi connectivity index (χ0v) is 11.4. The summed E-state index contributed by atoms with van der Waals surface area (Å²) in [7, 11) is 1.58. The number of nitrogens with two attached hydrogens (primary N) is 1. The first kappa shape index (κ1) is 14.7. The van der Waals surface area contributed by atoms with Crippen molar-refractivity contribution in [2.75, 3.05) is 18.5 Å². The zero-order valence-electron chi connectivity index (χ0n) is 11.4. The fourth-order valence-corrected chi connectivity index (χ4v) is 1.75. The number of carbonyl (C=O) groups excluding carboxylic acids is 1. The van der Waals surface area contributed by atoms with Crippen molar-refractivity contribution in [1.82, 2.24) is 15.0 Å². The van der Waals surface area contributed by atoms with Gasteiger partial charge in [-0.2, -0.15) is 0 Å². The molecule has 1 aromatic heterocycles. The third-order valence-corrected chi connectivity index (χ3v) is 2.92. The van der Waals surface area contributed by atoms with Crippen molar-refractivity contribution in [3.05, 3.63) is 41.7 Å². The summed E-state index contributed by atoms with van der Waals surface area (Å²) in [6, 6.07) is 6.00. The van der Waals surface area contributed by atoms with E-state index in [2.05, 4.69) is 10.3 Å². The largest absolute Gasteiger partial charge is 0.478 e. The monoisotopic (exact) mass is 289 g/mol. The zero-order chi connectivity index (χ0) is 15.4. The molecule has 1 heterocycles. The number of anilines is 1. The molecule has 0 aliphatic carbocycles. The quantitative estimate of drug-likeness (QED) is 0.813. The van der Waals surface area contributed by atoms with Gasteiger partial charge in [-0.15, -0.1) is 5.10 Å². The van der Waals surface area contributed by atoms with Gasteiger partial charge in [-0.05, 0) is 24.3 Å². The lowest BCUT2D eigenvalue weighted by Gasteiger charge is -2.15. The molecule has 0 radical (unpaired) electrons. The highest BCUT2D eigenvalue weighted by molar-refractivity contribution is 6.04. The van der Waals surface area contributed by atoms with Crippen molar-refractivity contribution in [3.8, 4) is 0 Å². The van der Waals surface area contributed by atoms with Crippen LogP contribution in [-0.2, 0) is 6.54 Å². The van der Waals surface area contributed by atoms with Crippen molar-refractivity contribution >= 4 is 17.6 Å². The summed E-state index contributed by atoms with van der Waals surface area (Å²) in [5.74, 6) is -1.35. The molecule has 0 saturated heterocycles. The average molecular weight is 289 g/mol. The van der Waals surface area contributed by atoms with E-state index >= 15 is 0 Å². The van der Waals surface area contributed by atoms with Gasteiger partial charge < -0.3 is 15.7 Å². The minimum Gasteiger partial charge on any atom is -0.478 e. The number of nitrogens with zero attached hydrogens (tertiary/aromatic N) is 4. The number of amides is 1. The van der Waals surface area contributed by atoms with E-state index in [1.807, 2.05) is 0 Å². The Morgan fingerprint density at radius 3 is 2.57 bits per heavy atom. The molecule has 2 rings (SSSR count). The van der Waals surface area contributed by atoms with Crippen LogP contribution < -0.4 is 10.6 Å². The number of rotatable bonds is 5. The Morgan fingerprint density at radius 2 is 2.00 bits per heavy atom. The molecular weight excluding hydrogens is 274 g/mol. The topological polar surface area (TPSA) is 114 Å². The number of carbonyl (C=O) groups is 2. The number of carboxylic acid groups (broad SMARTS) is 1. The van der Waals surface area contributed by atoms with Crippen LogP contribution in [0.1, 0.15) is 20.8 Å². The Kier molecular flexibility index (Phi) is 4.29. The van der Waals surface area contributed by atoms with Gasteiger partial charge in [0, 0.05) is 19.3 Å². The van der Waals surface area contributed by atoms with Crippen LogP contribution >= 0.6 is 0 Å². The van der Waals surface area contributed by atoms with Crippen LogP contribution in [0.4, 0.5) is 5.69 Å². The second-order valence-corrected chi connectivity index (χ2v) is 4.37. The molecule has 0 saturated carbocycles. The van der Waals surface area contributed by atoms with E-state index in [1.165, 1.54) is 27.9 Å². The summed E-state index contributed by atoms with van der Waals surface area (Å²) in [4.78, 5) is 24.4. The number of carboxylic acids is 1. The van der Waals surface area contributed by atoms with E-state index in [0.717, 1.165) is 0 Å². The summed E-state index contributed by atoms with van der Waals surface area (Å²) in [6.45, 7) is 0.890. The molecule has 0 bridgehead atoms. The molecule has 1 aromatic carbocycles. The van der Waals surface area contributed by atoms with Crippen molar-refractivity contribution in [2.24, 2.45) is 5.73 Å². The van der Waals surface area contributed by atoms with Crippen LogP contribution in [0.5, 0.6) is 0 Å². The maximum Gasteiger partial charge on any atom is 0.335 e. The third kappa shape index (κ3) is 3.23. The summed E-state index contributed by atoms with van der Waals surface area (Å²) in [5.41, 5.74) is 6.33. The van der Waals surface area contributed by atoms with Crippen LogP contribution in [-0.4, -0.2) is 45.6 Å². The van der Waals surface area contributed by atoms with Crippen molar-refractivity contribution in [3.63, 3.8) is 0 Å². The molecular formula is C13H15N5O3. The van der Waals surface area contributed by atoms with E-state index in [1.54, 1.807) is 19.2 Å². The summed E-state index contributed by atoms with van der Waals surface area (Å²) >= 11 is 0.